The molecule has 1 aliphatic rings. The van der Waals surface area contributed by atoms with Crippen LogP contribution in [0.25, 0.3) is 10.9 Å². The van der Waals surface area contributed by atoms with Crippen molar-refractivity contribution in [3.63, 3.8) is 0 Å². The number of carbonyl (C=O) groups is 2. The Bertz CT molecular complexity index is 1240. The van der Waals surface area contributed by atoms with E-state index in [1.54, 1.807) is 11.6 Å². The van der Waals surface area contributed by atoms with Gasteiger partial charge in [0.2, 0.25) is 0 Å². The number of rotatable bonds is 4. The van der Waals surface area contributed by atoms with E-state index < -0.39 is 29.6 Å². The van der Waals surface area contributed by atoms with Gasteiger partial charge in [0.05, 0.1) is 40.8 Å². The molecule has 186 valence electrons. The van der Waals surface area contributed by atoms with Crippen molar-refractivity contribution in [3.8, 4) is 0 Å². The van der Waals surface area contributed by atoms with Gasteiger partial charge in [0.1, 0.15) is 11.3 Å². The number of ether oxygens (including phenoxy) is 1. The average Bonchev–Trinajstić information content (AvgIpc) is 3.31. The molecule has 2 amide bonds. The number of halogens is 3. The molecular formula is C22H24F3N7O3. The first kappa shape index (κ1) is 24.4. The Morgan fingerprint density at radius 2 is 2.00 bits per heavy atom. The standard InChI is InChI=1S/C22H24F3N7O3/c1-12(15-7-6-13(9-27-15)22(23,24)25)31(2)21(34)20(33)30-16-11-28-19(26)14-10-29-32(18(14)16)17-5-3-4-8-35-17/h6-7,9-12,17H,3-5,8H2,1-2H3,(H2,26,28)(H,30,33)/t12-,17?/m0/s1. The summed E-state index contributed by atoms with van der Waals surface area (Å²) in [4.78, 5) is 34.6. The van der Waals surface area contributed by atoms with E-state index in [9.17, 15) is 22.8 Å². The zero-order chi connectivity index (χ0) is 25.3. The number of carbonyl (C=O) groups excluding carboxylic acids is 2. The number of fused-ring (bicyclic) bond motifs is 1. The molecular weight excluding hydrogens is 467 g/mol. The number of nitrogens with two attached hydrogens (primary N) is 1. The van der Waals surface area contributed by atoms with Gasteiger partial charge in [-0.3, -0.25) is 14.6 Å². The van der Waals surface area contributed by atoms with Crippen molar-refractivity contribution in [3.05, 3.63) is 42.0 Å². The van der Waals surface area contributed by atoms with Crippen LogP contribution in [0.2, 0.25) is 0 Å². The SMILES string of the molecule is C[C@@H](c1ccc(C(F)(F)F)cn1)N(C)C(=O)C(=O)Nc1cnc(N)c2cnn(C3CCCCO3)c12. The van der Waals surface area contributed by atoms with Gasteiger partial charge in [-0.05, 0) is 38.3 Å². The maximum atomic E-state index is 12.8. The fraction of sp³-hybridized carbons (Fsp3) is 0.409. The lowest BCUT2D eigenvalue weighted by Gasteiger charge is -2.25. The molecule has 3 N–H and O–H groups in total. The number of hydrogen-bond acceptors (Lipinski definition) is 7. The average molecular weight is 491 g/mol. The van der Waals surface area contributed by atoms with E-state index in [-0.39, 0.29) is 23.4 Å². The van der Waals surface area contributed by atoms with Gasteiger partial charge in [-0.2, -0.15) is 18.3 Å². The van der Waals surface area contributed by atoms with Gasteiger partial charge in [-0.1, -0.05) is 0 Å². The first-order valence-corrected chi connectivity index (χ1v) is 10.9. The zero-order valence-corrected chi connectivity index (χ0v) is 19.0. The second-order valence-corrected chi connectivity index (χ2v) is 8.25. The van der Waals surface area contributed by atoms with Crippen molar-refractivity contribution in [2.24, 2.45) is 0 Å². The molecule has 13 heteroatoms. The second-order valence-electron chi connectivity index (χ2n) is 8.25. The van der Waals surface area contributed by atoms with E-state index in [4.69, 9.17) is 10.5 Å². The van der Waals surface area contributed by atoms with Crippen LogP contribution in [0, 0.1) is 0 Å². The number of anilines is 2. The highest BCUT2D eigenvalue weighted by molar-refractivity contribution is 6.40. The molecule has 0 radical (unpaired) electrons. The first-order chi connectivity index (χ1) is 16.6. The zero-order valence-electron chi connectivity index (χ0n) is 19.0. The number of nitrogen functional groups attached to an aromatic ring is 1. The number of alkyl halides is 3. The van der Waals surface area contributed by atoms with Crippen LogP contribution in [0.5, 0.6) is 0 Å². The largest absolute Gasteiger partial charge is 0.417 e. The van der Waals surface area contributed by atoms with Crippen LogP contribution in [0.15, 0.2) is 30.7 Å². The van der Waals surface area contributed by atoms with Crippen molar-refractivity contribution >= 4 is 34.2 Å². The van der Waals surface area contributed by atoms with Gasteiger partial charge in [-0.15, -0.1) is 0 Å². The minimum absolute atomic E-state index is 0.200. The number of nitrogens with zero attached hydrogens (tertiary/aromatic N) is 5. The van der Waals surface area contributed by atoms with Crippen LogP contribution in [0.4, 0.5) is 24.7 Å². The molecule has 3 aromatic rings. The highest BCUT2D eigenvalue weighted by Crippen LogP contribution is 2.32. The normalized spacial score (nSPS) is 17.2. The number of amides is 2. The monoisotopic (exact) mass is 491 g/mol. The summed E-state index contributed by atoms with van der Waals surface area (Å²) in [6.07, 6.45) is 1.30. The minimum atomic E-state index is -4.52. The van der Waals surface area contributed by atoms with Crippen molar-refractivity contribution in [2.75, 3.05) is 24.7 Å². The Kier molecular flexibility index (Phi) is 6.61. The Balaban J connectivity index is 1.54. The predicted octanol–water partition coefficient (Wildman–Crippen LogP) is 3.28. The molecule has 4 rings (SSSR count). The van der Waals surface area contributed by atoms with Gasteiger partial charge < -0.3 is 20.7 Å². The van der Waals surface area contributed by atoms with Crippen LogP contribution >= 0.6 is 0 Å². The fourth-order valence-corrected chi connectivity index (χ4v) is 3.84. The molecule has 0 aliphatic carbocycles. The molecule has 0 saturated carbocycles. The number of nitrogens with one attached hydrogen (secondary N) is 1. The van der Waals surface area contributed by atoms with Crippen LogP contribution in [-0.4, -0.2) is 50.1 Å². The predicted molar refractivity (Wildman–Crippen MR) is 120 cm³/mol. The van der Waals surface area contributed by atoms with Crippen molar-refractivity contribution in [1.82, 2.24) is 24.6 Å². The van der Waals surface area contributed by atoms with Gasteiger partial charge in [0, 0.05) is 19.9 Å². The molecule has 2 atom stereocenters. The van der Waals surface area contributed by atoms with Crippen LogP contribution in [0.1, 0.15) is 49.7 Å². The Hall–Kier alpha value is -3.74. The number of aromatic nitrogens is 4. The second kappa shape index (κ2) is 9.49. The van der Waals surface area contributed by atoms with E-state index in [0.29, 0.717) is 23.7 Å². The maximum Gasteiger partial charge on any atom is 0.417 e. The fourth-order valence-electron chi connectivity index (χ4n) is 3.84. The molecule has 0 bridgehead atoms. The molecule has 1 unspecified atom stereocenters. The van der Waals surface area contributed by atoms with E-state index in [2.05, 4.69) is 20.4 Å². The van der Waals surface area contributed by atoms with Gasteiger partial charge in [0.25, 0.3) is 0 Å². The Labute approximate surface area is 198 Å². The number of likely N-dealkylation sites (N-methyl/N-ethyl adjacent to an activating group) is 1. The molecule has 4 heterocycles. The molecule has 0 aromatic carbocycles. The van der Waals surface area contributed by atoms with Gasteiger partial charge in [-0.25, -0.2) is 9.67 Å². The summed E-state index contributed by atoms with van der Waals surface area (Å²) in [5, 5.41) is 7.42. The smallest absolute Gasteiger partial charge is 0.383 e. The molecule has 1 aliphatic heterocycles. The summed E-state index contributed by atoms with van der Waals surface area (Å²) in [5.74, 6) is -1.66. The van der Waals surface area contributed by atoms with Crippen molar-refractivity contribution < 1.29 is 27.5 Å². The van der Waals surface area contributed by atoms with E-state index in [1.165, 1.54) is 25.5 Å². The highest BCUT2D eigenvalue weighted by Gasteiger charge is 2.32. The van der Waals surface area contributed by atoms with Crippen LogP contribution in [0.3, 0.4) is 0 Å². The van der Waals surface area contributed by atoms with Crippen molar-refractivity contribution in [1.29, 1.82) is 0 Å². The quantitative estimate of drug-likeness (QED) is 0.536. The summed E-state index contributed by atoms with van der Waals surface area (Å²) >= 11 is 0. The Morgan fingerprint density at radius 3 is 2.63 bits per heavy atom. The summed E-state index contributed by atoms with van der Waals surface area (Å²) < 4.78 is 45.8. The maximum absolute atomic E-state index is 12.8. The lowest BCUT2D eigenvalue weighted by atomic mass is 10.1. The van der Waals surface area contributed by atoms with Crippen molar-refractivity contribution in [2.45, 2.75) is 44.6 Å². The van der Waals surface area contributed by atoms with Crippen LogP contribution in [-0.2, 0) is 20.5 Å². The summed E-state index contributed by atoms with van der Waals surface area (Å²) in [6.45, 7) is 2.13. The Morgan fingerprint density at radius 1 is 1.23 bits per heavy atom. The third-order valence-corrected chi connectivity index (χ3v) is 5.97. The van der Waals surface area contributed by atoms with Gasteiger partial charge >= 0.3 is 18.0 Å². The molecule has 1 saturated heterocycles. The molecule has 1 fully saturated rings. The summed E-state index contributed by atoms with van der Waals surface area (Å²) in [7, 11) is 1.36. The summed E-state index contributed by atoms with van der Waals surface area (Å²) in [6, 6.07) is 1.29. The molecule has 10 nitrogen and oxygen atoms in total. The lowest BCUT2D eigenvalue weighted by molar-refractivity contribution is -0.143. The minimum Gasteiger partial charge on any atom is -0.383 e. The number of pyridine rings is 2. The first-order valence-electron chi connectivity index (χ1n) is 10.9. The van der Waals surface area contributed by atoms with E-state index in [1.807, 2.05) is 0 Å². The third kappa shape index (κ3) is 4.90. The van der Waals surface area contributed by atoms with Crippen LogP contribution < -0.4 is 11.1 Å². The van der Waals surface area contributed by atoms with Gasteiger partial charge in [0.15, 0.2) is 6.23 Å². The highest BCUT2D eigenvalue weighted by atomic mass is 19.4. The third-order valence-electron chi connectivity index (χ3n) is 5.97. The lowest BCUT2D eigenvalue weighted by Crippen LogP contribution is -2.39. The topological polar surface area (TPSA) is 128 Å². The number of hydrogen-bond donors (Lipinski definition) is 2. The van der Waals surface area contributed by atoms with E-state index >= 15 is 0 Å². The van der Waals surface area contributed by atoms with E-state index in [0.717, 1.165) is 30.2 Å². The summed E-state index contributed by atoms with van der Waals surface area (Å²) in [5.41, 5.74) is 5.98. The molecule has 35 heavy (non-hydrogen) atoms. The molecule has 0 spiro atoms. The molecule has 3 aromatic heterocycles.